The molecule has 1 nitrogen and oxygen atoms in total. The predicted octanol–water partition coefficient (Wildman–Crippen LogP) is 4.84. The molecule has 18 heavy (non-hydrogen) atoms. The fraction of sp³-hybridized carbons (Fsp3) is 0.882. The molecular weight excluding hydrogens is 220 g/mol. The van der Waals surface area contributed by atoms with Gasteiger partial charge in [0.1, 0.15) is 0 Å². The molecule has 0 aromatic carbocycles. The van der Waals surface area contributed by atoms with Crippen LogP contribution in [0.15, 0.2) is 12.2 Å². The largest absolute Gasteiger partial charge is 0.385 e. The molecule has 1 N–H and O–H groups in total. The quantitative estimate of drug-likeness (QED) is 0.710. The van der Waals surface area contributed by atoms with Crippen molar-refractivity contribution >= 4 is 0 Å². The summed E-state index contributed by atoms with van der Waals surface area (Å²) < 4.78 is 0. The van der Waals surface area contributed by atoms with Crippen LogP contribution in [0.5, 0.6) is 0 Å². The summed E-state index contributed by atoms with van der Waals surface area (Å²) >= 11 is 0. The second-order valence-corrected chi connectivity index (χ2v) is 6.44. The lowest BCUT2D eigenvalue weighted by molar-refractivity contribution is 0.0494. The lowest BCUT2D eigenvalue weighted by Gasteiger charge is -2.25. The highest BCUT2D eigenvalue weighted by atomic mass is 16.3. The Morgan fingerprint density at radius 3 is 2.78 bits per heavy atom. The first-order valence-corrected chi connectivity index (χ1v) is 8.16. The first-order chi connectivity index (χ1) is 8.76. The Morgan fingerprint density at radius 1 is 1.17 bits per heavy atom. The third-order valence-corrected chi connectivity index (χ3v) is 4.85. The molecule has 0 heterocycles. The first kappa shape index (κ1) is 14.1. The molecule has 0 unspecified atom stereocenters. The van der Waals surface area contributed by atoms with Crippen LogP contribution in [0.25, 0.3) is 0 Å². The van der Waals surface area contributed by atoms with Gasteiger partial charge < -0.3 is 5.11 Å². The highest BCUT2D eigenvalue weighted by Gasteiger charge is 2.49. The topological polar surface area (TPSA) is 20.2 Å². The van der Waals surface area contributed by atoms with E-state index < -0.39 is 5.60 Å². The maximum atomic E-state index is 10.9. The van der Waals surface area contributed by atoms with E-state index in [-0.39, 0.29) is 0 Å². The number of hydrogen-bond acceptors (Lipinski definition) is 1. The molecule has 1 fully saturated rings. The Kier molecular flexibility index (Phi) is 5.29. The average molecular weight is 250 g/mol. The van der Waals surface area contributed by atoms with E-state index >= 15 is 0 Å². The van der Waals surface area contributed by atoms with Crippen molar-refractivity contribution in [3.63, 3.8) is 0 Å². The molecule has 0 saturated heterocycles. The molecule has 1 heteroatoms. The number of fused-ring (bicyclic) bond motifs is 1. The van der Waals surface area contributed by atoms with Gasteiger partial charge in [0, 0.05) is 0 Å². The summed E-state index contributed by atoms with van der Waals surface area (Å²) in [6, 6.07) is 0. The Morgan fingerprint density at radius 2 is 1.94 bits per heavy atom. The van der Waals surface area contributed by atoms with Gasteiger partial charge in [-0.2, -0.15) is 0 Å². The molecule has 0 aromatic heterocycles. The SMILES string of the molecule is CCCC[C@@]1(O)/C=C/CCCCCCC[C@H]2C[C@@H]21. The third-order valence-electron chi connectivity index (χ3n) is 4.85. The van der Waals surface area contributed by atoms with Crippen LogP contribution in [0.1, 0.15) is 77.6 Å². The minimum atomic E-state index is -0.472. The molecule has 3 atom stereocenters. The van der Waals surface area contributed by atoms with Crippen LogP contribution in [0, 0.1) is 11.8 Å². The van der Waals surface area contributed by atoms with Crippen LogP contribution in [-0.2, 0) is 0 Å². The zero-order valence-electron chi connectivity index (χ0n) is 12.0. The van der Waals surface area contributed by atoms with Gasteiger partial charge in [0.2, 0.25) is 0 Å². The van der Waals surface area contributed by atoms with Gasteiger partial charge in [-0.1, -0.05) is 64.0 Å². The summed E-state index contributed by atoms with van der Waals surface area (Å²) in [5.41, 5.74) is -0.472. The van der Waals surface area contributed by atoms with Gasteiger partial charge in [-0.3, -0.25) is 0 Å². The Balaban J connectivity index is 1.96. The van der Waals surface area contributed by atoms with Crippen molar-refractivity contribution in [2.45, 2.75) is 83.2 Å². The van der Waals surface area contributed by atoms with Gasteiger partial charge in [0.05, 0.1) is 5.60 Å². The van der Waals surface area contributed by atoms with Gasteiger partial charge in [-0.05, 0) is 37.5 Å². The fourth-order valence-electron chi connectivity index (χ4n) is 3.52. The first-order valence-electron chi connectivity index (χ1n) is 8.16. The molecular formula is C17H30O. The Bertz CT molecular complexity index is 271. The Hall–Kier alpha value is -0.300. The summed E-state index contributed by atoms with van der Waals surface area (Å²) in [6.45, 7) is 2.22. The van der Waals surface area contributed by atoms with Crippen molar-refractivity contribution in [1.29, 1.82) is 0 Å². The number of unbranched alkanes of at least 4 members (excludes halogenated alkanes) is 1. The lowest BCUT2D eigenvalue weighted by atomic mass is 9.88. The van der Waals surface area contributed by atoms with Crippen LogP contribution in [0.2, 0.25) is 0 Å². The number of hydrogen-bond donors (Lipinski definition) is 1. The van der Waals surface area contributed by atoms with Crippen LogP contribution in [-0.4, -0.2) is 10.7 Å². The van der Waals surface area contributed by atoms with E-state index in [1.165, 1.54) is 51.4 Å². The maximum absolute atomic E-state index is 10.9. The van der Waals surface area contributed by atoms with E-state index in [1.54, 1.807) is 0 Å². The van der Waals surface area contributed by atoms with Gasteiger partial charge in [-0.15, -0.1) is 0 Å². The van der Waals surface area contributed by atoms with Crippen molar-refractivity contribution in [2.24, 2.45) is 11.8 Å². The maximum Gasteiger partial charge on any atom is 0.0858 e. The van der Waals surface area contributed by atoms with Crippen molar-refractivity contribution in [3.05, 3.63) is 12.2 Å². The van der Waals surface area contributed by atoms with E-state index in [0.29, 0.717) is 5.92 Å². The monoisotopic (exact) mass is 250 g/mol. The summed E-state index contributed by atoms with van der Waals surface area (Å²) in [4.78, 5) is 0. The van der Waals surface area contributed by atoms with Gasteiger partial charge >= 0.3 is 0 Å². The zero-order chi connectivity index (χ0) is 12.8. The van der Waals surface area contributed by atoms with Crippen molar-refractivity contribution in [3.8, 4) is 0 Å². The van der Waals surface area contributed by atoms with E-state index in [4.69, 9.17) is 0 Å². The number of aliphatic hydroxyl groups is 1. The minimum absolute atomic E-state index is 0.472. The molecule has 0 radical (unpaired) electrons. The van der Waals surface area contributed by atoms with E-state index in [2.05, 4.69) is 19.1 Å². The molecule has 1 saturated carbocycles. The summed E-state index contributed by atoms with van der Waals surface area (Å²) in [5, 5.41) is 10.9. The number of rotatable bonds is 3. The van der Waals surface area contributed by atoms with E-state index in [1.807, 2.05) is 0 Å². The zero-order valence-corrected chi connectivity index (χ0v) is 12.0. The lowest BCUT2D eigenvalue weighted by Crippen LogP contribution is -2.29. The highest BCUT2D eigenvalue weighted by molar-refractivity contribution is 5.12. The molecule has 2 aliphatic rings. The van der Waals surface area contributed by atoms with Crippen LogP contribution in [0.3, 0.4) is 0 Å². The van der Waals surface area contributed by atoms with Gasteiger partial charge in [0.15, 0.2) is 0 Å². The minimum Gasteiger partial charge on any atom is -0.385 e. The van der Waals surface area contributed by atoms with Crippen LogP contribution in [0.4, 0.5) is 0 Å². The number of allylic oxidation sites excluding steroid dienone is 1. The van der Waals surface area contributed by atoms with Crippen molar-refractivity contribution in [2.75, 3.05) is 0 Å². The molecule has 0 spiro atoms. The van der Waals surface area contributed by atoms with Gasteiger partial charge in [0.25, 0.3) is 0 Å². The Labute approximate surface area is 113 Å². The third kappa shape index (κ3) is 3.85. The second-order valence-electron chi connectivity index (χ2n) is 6.44. The van der Waals surface area contributed by atoms with Crippen molar-refractivity contribution < 1.29 is 5.11 Å². The normalized spacial score (nSPS) is 39.2. The standard InChI is InChI=1S/C17H30O/c1-2-3-12-17(18)13-10-8-6-4-5-7-9-11-15-14-16(15)17/h10,13,15-16,18H,2-9,11-12,14H2,1H3/b13-10+/t15-,16-,17+/m0/s1. The summed E-state index contributed by atoms with van der Waals surface area (Å²) in [5.74, 6) is 1.38. The molecule has 0 amide bonds. The molecule has 0 aromatic rings. The van der Waals surface area contributed by atoms with Gasteiger partial charge in [-0.25, -0.2) is 0 Å². The fourth-order valence-corrected chi connectivity index (χ4v) is 3.52. The molecule has 2 aliphatic carbocycles. The molecule has 0 aliphatic heterocycles. The molecule has 104 valence electrons. The molecule has 2 rings (SSSR count). The van der Waals surface area contributed by atoms with Crippen molar-refractivity contribution in [1.82, 2.24) is 0 Å². The smallest absolute Gasteiger partial charge is 0.0858 e. The molecule has 0 bridgehead atoms. The second kappa shape index (κ2) is 6.75. The van der Waals surface area contributed by atoms with E-state index in [0.717, 1.165) is 25.2 Å². The summed E-state index contributed by atoms with van der Waals surface area (Å²) in [6.07, 6.45) is 18.4. The van der Waals surface area contributed by atoms with E-state index in [9.17, 15) is 5.11 Å². The van der Waals surface area contributed by atoms with Crippen LogP contribution < -0.4 is 0 Å². The van der Waals surface area contributed by atoms with Crippen LogP contribution >= 0.6 is 0 Å². The average Bonchev–Trinajstić information content (AvgIpc) is 3.13. The summed E-state index contributed by atoms with van der Waals surface area (Å²) in [7, 11) is 0. The predicted molar refractivity (Wildman–Crippen MR) is 77.5 cm³/mol. The highest BCUT2D eigenvalue weighted by Crippen LogP contribution is 2.51.